The Morgan fingerprint density at radius 2 is 1.38 bits per heavy atom. The molecular formula is C18H21Br2N. The van der Waals surface area contributed by atoms with Crippen LogP contribution in [0.15, 0.2) is 57.5 Å². The molecule has 2 rings (SSSR count). The third-order valence-corrected chi connectivity index (χ3v) is 4.57. The van der Waals surface area contributed by atoms with Crippen molar-refractivity contribution in [3.8, 4) is 0 Å². The highest BCUT2D eigenvalue weighted by atomic mass is 79.9. The molecule has 1 atom stereocenters. The lowest BCUT2D eigenvalue weighted by Crippen LogP contribution is -2.28. The minimum atomic E-state index is 0.488. The molecule has 3 heteroatoms. The Kier molecular flexibility index (Phi) is 6.46. The monoisotopic (exact) mass is 409 g/mol. The van der Waals surface area contributed by atoms with E-state index >= 15 is 0 Å². The highest BCUT2D eigenvalue weighted by molar-refractivity contribution is 9.10. The van der Waals surface area contributed by atoms with Crippen molar-refractivity contribution in [1.29, 1.82) is 0 Å². The molecule has 1 N–H and O–H groups in total. The smallest absolute Gasteiger partial charge is 0.0175 e. The van der Waals surface area contributed by atoms with Gasteiger partial charge in [0.1, 0.15) is 0 Å². The Balaban J connectivity index is 2.14. The summed E-state index contributed by atoms with van der Waals surface area (Å²) < 4.78 is 2.26. The molecule has 1 nitrogen and oxygen atoms in total. The van der Waals surface area contributed by atoms with Crippen LogP contribution in [0.2, 0.25) is 0 Å². The number of nitrogens with one attached hydrogen (secondary N) is 1. The predicted octanol–water partition coefficient (Wildman–Crippen LogP) is 5.54. The Hall–Kier alpha value is -0.640. The third kappa shape index (κ3) is 5.57. The maximum Gasteiger partial charge on any atom is 0.0175 e. The SMILES string of the molecule is CC(C)NCC(Cc1ccc(Br)cc1)c1ccc(Br)cc1. The maximum absolute atomic E-state index is 3.57. The first kappa shape index (κ1) is 16.7. The zero-order valence-electron chi connectivity index (χ0n) is 12.4. The second-order valence-electron chi connectivity index (χ2n) is 5.64. The Morgan fingerprint density at radius 3 is 1.90 bits per heavy atom. The van der Waals surface area contributed by atoms with Crippen LogP contribution in [-0.2, 0) is 6.42 Å². The van der Waals surface area contributed by atoms with Gasteiger partial charge in [-0.05, 0) is 41.8 Å². The van der Waals surface area contributed by atoms with Crippen LogP contribution in [0.4, 0.5) is 0 Å². The van der Waals surface area contributed by atoms with Gasteiger partial charge in [-0.2, -0.15) is 0 Å². The second kappa shape index (κ2) is 8.11. The number of hydrogen-bond donors (Lipinski definition) is 1. The van der Waals surface area contributed by atoms with Crippen LogP contribution in [-0.4, -0.2) is 12.6 Å². The minimum absolute atomic E-state index is 0.488. The first-order valence-corrected chi connectivity index (χ1v) is 8.86. The van der Waals surface area contributed by atoms with Crippen molar-refractivity contribution in [2.75, 3.05) is 6.54 Å². The van der Waals surface area contributed by atoms with E-state index in [1.807, 2.05) is 0 Å². The topological polar surface area (TPSA) is 12.0 Å². The number of benzene rings is 2. The highest BCUT2D eigenvalue weighted by Crippen LogP contribution is 2.23. The summed E-state index contributed by atoms with van der Waals surface area (Å²) in [4.78, 5) is 0. The summed E-state index contributed by atoms with van der Waals surface area (Å²) in [5.41, 5.74) is 2.76. The van der Waals surface area contributed by atoms with E-state index in [0.717, 1.165) is 21.9 Å². The summed E-state index contributed by atoms with van der Waals surface area (Å²) in [6.45, 7) is 5.38. The van der Waals surface area contributed by atoms with Crippen LogP contribution in [0.3, 0.4) is 0 Å². The molecule has 0 radical (unpaired) electrons. The van der Waals surface area contributed by atoms with Gasteiger partial charge in [0.2, 0.25) is 0 Å². The molecule has 0 aliphatic carbocycles. The van der Waals surface area contributed by atoms with Crippen LogP contribution < -0.4 is 5.32 Å². The van der Waals surface area contributed by atoms with Gasteiger partial charge in [-0.25, -0.2) is 0 Å². The molecule has 0 bridgehead atoms. The highest BCUT2D eigenvalue weighted by Gasteiger charge is 2.13. The molecule has 0 aromatic heterocycles. The molecule has 0 aliphatic rings. The van der Waals surface area contributed by atoms with E-state index in [2.05, 4.69) is 99.6 Å². The number of halogens is 2. The average molecular weight is 411 g/mol. The summed E-state index contributed by atoms with van der Waals surface area (Å²) >= 11 is 7.01. The molecule has 1 unspecified atom stereocenters. The van der Waals surface area contributed by atoms with E-state index in [4.69, 9.17) is 0 Å². The molecule has 0 saturated heterocycles. The molecule has 0 amide bonds. The van der Waals surface area contributed by atoms with E-state index in [-0.39, 0.29) is 0 Å². The summed E-state index contributed by atoms with van der Waals surface area (Å²) in [6.07, 6.45) is 1.05. The quantitative estimate of drug-likeness (QED) is 0.659. The van der Waals surface area contributed by atoms with Gasteiger partial charge in [0.15, 0.2) is 0 Å². The molecule has 0 aliphatic heterocycles. The van der Waals surface area contributed by atoms with Gasteiger partial charge in [-0.15, -0.1) is 0 Å². The van der Waals surface area contributed by atoms with Crippen LogP contribution >= 0.6 is 31.9 Å². The predicted molar refractivity (Wildman–Crippen MR) is 97.9 cm³/mol. The Morgan fingerprint density at radius 1 is 0.857 bits per heavy atom. The van der Waals surface area contributed by atoms with Crippen molar-refractivity contribution in [2.24, 2.45) is 0 Å². The molecule has 0 heterocycles. The van der Waals surface area contributed by atoms with E-state index < -0.39 is 0 Å². The van der Waals surface area contributed by atoms with Crippen molar-refractivity contribution in [3.05, 3.63) is 68.6 Å². The van der Waals surface area contributed by atoms with Crippen LogP contribution in [0.5, 0.6) is 0 Å². The molecule has 0 saturated carbocycles. The molecule has 2 aromatic rings. The number of hydrogen-bond acceptors (Lipinski definition) is 1. The van der Waals surface area contributed by atoms with Gasteiger partial charge in [-0.3, -0.25) is 0 Å². The maximum atomic E-state index is 3.57. The van der Waals surface area contributed by atoms with E-state index in [1.54, 1.807) is 0 Å². The average Bonchev–Trinajstić information content (AvgIpc) is 2.46. The third-order valence-electron chi connectivity index (χ3n) is 3.51. The molecule has 2 aromatic carbocycles. The Labute approximate surface area is 144 Å². The van der Waals surface area contributed by atoms with Gasteiger partial charge in [0.05, 0.1) is 0 Å². The first-order valence-electron chi connectivity index (χ1n) is 7.28. The summed E-state index contributed by atoms with van der Waals surface area (Å²) in [5.74, 6) is 0.488. The standard InChI is InChI=1S/C18H21Br2N/c1-13(2)21-12-16(15-5-9-18(20)10-6-15)11-14-3-7-17(19)8-4-14/h3-10,13,16,21H,11-12H2,1-2H3. The number of rotatable bonds is 6. The molecule has 112 valence electrons. The van der Waals surface area contributed by atoms with Gasteiger partial charge in [0.25, 0.3) is 0 Å². The lowest BCUT2D eigenvalue weighted by Gasteiger charge is -2.20. The lowest BCUT2D eigenvalue weighted by molar-refractivity contribution is 0.527. The summed E-state index contributed by atoms with van der Waals surface area (Å²) in [7, 11) is 0. The fourth-order valence-corrected chi connectivity index (χ4v) is 2.85. The Bertz CT molecular complexity index is 546. The van der Waals surface area contributed by atoms with Crippen LogP contribution in [0.1, 0.15) is 30.9 Å². The van der Waals surface area contributed by atoms with E-state index in [9.17, 15) is 0 Å². The largest absolute Gasteiger partial charge is 0.314 e. The van der Waals surface area contributed by atoms with Crippen molar-refractivity contribution in [2.45, 2.75) is 32.2 Å². The van der Waals surface area contributed by atoms with Crippen molar-refractivity contribution in [1.82, 2.24) is 5.32 Å². The molecule has 21 heavy (non-hydrogen) atoms. The molecular weight excluding hydrogens is 390 g/mol. The van der Waals surface area contributed by atoms with Crippen LogP contribution in [0, 0.1) is 0 Å². The first-order chi connectivity index (χ1) is 10.0. The van der Waals surface area contributed by atoms with Crippen LogP contribution in [0.25, 0.3) is 0 Å². The van der Waals surface area contributed by atoms with E-state index in [1.165, 1.54) is 11.1 Å². The second-order valence-corrected chi connectivity index (χ2v) is 7.47. The van der Waals surface area contributed by atoms with E-state index in [0.29, 0.717) is 12.0 Å². The lowest BCUT2D eigenvalue weighted by atomic mass is 9.92. The fourth-order valence-electron chi connectivity index (χ4n) is 2.33. The van der Waals surface area contributed by atoms with Crippen molar-refractivity contribution < 1.29 is 0 Å². The van der Waals surface area contributed by atoms with Gasteiger partial charge < -0.3 is 5.32 Å². The van der Waals surface area contributed by atoms with Gasteiger partial charge in [0, 0.05) is 27.4 Å². The van der Waals surface area contributed by atoms with Crippen molar-refractivity contribution in [3.63, 3.8) is 0 Å². The molecule has 0 fully saturated rings. The zero-order valence-corrected chi connectivity index (χ0v) is 15.6. The minimum Gasteiger partial charge on any atom is -0.314 e. The zero-order chi connectivity index (χ0) is 15.2. The van der Waals surface area contributed by atoms with Gasteiger partial charge >= 0.3 is 0 Å². The molecule has 0 spiro atoms. The normalized spacial score (nSPS) is 12.6. The fraction of sp³-hybridized carbons (Fsp3) is 0.333. The van der Waals surface area contributed by atoms with Crippen molar-refractivity contribution >= 4 is 31.9 Å². The van der Waals surface area contributed by atoms with Gasteiger partial charge in [-0.1, -0.05) is 70.0 Å². The summed E-state index contributed by atoms with van der Waals surface area (Å²) in [5, 5.41) is 3.57. The summed E-state index contributed by atoms with van der Waals surface area (Å²) in [6, 6.07) is 17.8.